The number of hydrogen-bond acceptors (Lipinski definition) is 4. The molecule has 2 heterocycles. The average molecular weight is 449 g/mol. The quantitative estimate of drug-likeness (QED) is 0.369. The maximum Gasteiger partial charge on any atom is 0.411 e. The first kappa shape index (κ1) is 20.0. The van der Waals surface area contributed by atoms with E-state index in [9.17, 15) is 14.7 Å². The van der Waals surface area contributed by atoms with Gasteiger partial charge in [-0.3, -0.25) is 15.0 Å². The molecule has 2 amide bonds. The number of nitrogens with zero attached hydrogens (tertiary/aromatic N) is 2. The summed E-state index contributed by atoms with van der Waals surface area (Å²) in [5, 5.41) is 23.7. The fraction of sp³-hybridized carbons (Fsp3) is 0.0870. The molecule has 0 saturated heterocycles. The van der Waals surface area contributed by atoms with Crippen molar-refractivity contribution in [2.45, 2.75) is 12.6 Å². The van der Waals surface area contributed by atoms with Crippen molar-refractivity contribution < 1.29 is 19.8 Å². The number of carboxylic acid groups (broad SMARTS) is 1. The lowest BCUT2D eigenvalue weighted by molar-refractivity contribution is 0.0703. The number of imidazole rings is 1. The first-order valence-corrected chi connectivity index (χ1v) is 10.1. The summed E-state index contributed by atoms with van der Waals surface area (Å²) in [7, 11) is 0. The van der Waals surface area contributed by atoms with Gasteiger partial charge in [0.05, 0.1) is 16.7 Å². The standard InChI is InChI=1S/C23H17ClN4O4/c1-12-16(24)7-4-8-19(12)28-20(29)14-5-2-3-6-15(14)23(28,32)13-9-10-17-18(11-13)26-21(25-17)27-22(30)31/h2-11,32H,1H3,(H,30,31)(H2,25,26,27). The molecule has 1 atom stereocenters. The average Bonchev–Trinajstić information content (AvgIpc) is 3.26. The summed E-state index contributed by atoms with van der Waals surface area (Å²) < 4.78 is 0. The number of benzene rings is 3. The van der Waals surface area contributed by atoms with Crippen LogP contribution in [-0.4, -0.2) is 32.2 Å². The van der Waals surface area contributed by atoms with Crippen LogP contribution in [0.1, 0.15) is 27.0 Å². The van der Waals surface area contributed by atoms with Gasteiger partial charge in [0.15, 0.2) is 5.72 Å². The van der Waals surface area contributed by atoms with Crippen molar-refractivity contribution in [3.8, 4) is 0 Å². The number of H-pyrrole nitrogens is 1. The zero-order chi connectivity index (χ0) is 22.6. The summed E-state index contributed by atoms with van der Waals surface area (Å²) >= 11 is 6.32. The normalized spacial score (nSPS) is 17.6. The van der Waals surface area contributed by atoms with Crippen molar-refractivity contribution in [1.82, 2.24) is 9.97 Å². The van der Waals surface area contributed by atoms with E-state index >= 15 is 0 Å². The molecule has 3 aromatic carbocycles. The fourth-order valence-electron chi connectivity index (χ4n) is 4.15. The van der Waals surface area contributed by atoms with E-state index in [-0.39, 0.29) is 11.9 Å². The van der Waals surface area contributed by atoms with Crippen LogP contribution in [-0.2, 0) is 5.72 Å². The topological polar surface area (TPSA) is 119 Å². The van der Waals surface area contributed by atoms with E-state index in [1.165, 1.54) is 4.90 Å². The van der Waals surface area contributed by atoms with Crippen LogP contribution < -0.4 is 10.2 Å². The summed E-state index contributed by atoms with van der Waals surface area (Å²) in [6.07, 6.45) is -1.25. The van der Waals surface area contributed by atoms with Crippen molar-refractivity contribution in [2.24, 2.45) is 0 Å². The molecule has 0 bridgehead atoms. The molecular weight excluding hydrogens is 432 g/mol. The lowest BCUT2D eigenvalue weighted by atomic mass is 9.93. The summed E-state index contributed by atoms with van der Waals surface area (Å²) in [4.78, 5) is 32.8. The van der Waals surface area contributed by atoms with Gasteiger partial charge in [-0.1, -0.05) is 41.9 Å². The second kappa shape index (κ2) is 7.08. The van der Waals surface area contributed by atoms with Crippen molar-refractivity contribution in [3.05, 3.63) is 87.9 Å². The molecule has 32 heavy (non-hydrogen) atoms. The zero-order valence-corrected chi connectivity index (χ0v) is 17.5. The highest BCUT2D eigenvalue weighted by molar-refractivity contribution is 6.32. The number of carbonyl (C=O) groups is 2. The zero-order valence-electron chi connectivity index (χ0n) is 16.8. The van der Waals surface area contributed by atoms with Crippen LogP contribution in [0.25, 0.3) is 11.0 Å². The first-order valence-electron chi connectivity index (χ1n) is 9.72. The molecule has 0 fully saturated rings. The van der Waals surface area contributed by atoms with Crippen LogP contribution in [0.15, 0.2) is 60.7 Å². The molecule has 5 rings (SSSR count). The van der Waals surface area contributed by atoms with E-state index < -0.39 is 11.8 Å². The minimum Gasteiger partial charge on any atom is -0.465 e. The SMILES string of the molecule is Cc1c(Cl)cccc1N1C(=O)c2ccccc2C1(O)c1ccc2[nH]c(NC(=O)O)nc2c1. The van der Waals surface area contributed by atoms with Gasteiger partial charge in [-0.15, -0.1) is 0 Å². The van der Waals surface area contributed by atoms with Gasteiger partial charge in [0.2, 0.25) is 5.95 Å². The minimum absolute atomic E-state index is 0.0575. The monoisotopic (exact) mass is 448 g/mol. The highest BCUT2D eigenvalue weighted by Gasteiger charge is 2.51. The maximum absolute atomic E-state index is 13.5. The van der Waals surface area contributed by atoms with Crippen LogP contribution in [0.2, 0.25) is 5.02 Å². The Hall–Kier alpha value is -3.88. The molecule has 160 valence electrons. The lowest BCUT2D eigenvalue weighted by Crippen LogP contribution is -2.45. The van der Waals surface area contributed by atoms with Gasteiger partial charge in [-0.25, -0.2) is 9.78 Å². The third-order valence-electron chi connectivity index (χ3n) is 5.65. The third kappa shape index (κ3) is 2.84. The Morgan fingerprint density at radius 2 is 1.94 bits per heavy atom. The summed E-state index contributed by atoms with van der Waals surface area (Å²) in [5.74, 6) is -0.300. The van der Waals surface area contributed by atoms with Crippen molar-refractivity contribution >= 4 is 46.3 Å². The van der Waals surface area contributed by atoms with Crippen LogP contribution >= 0.6 is 11.6 Å². The van der Waals surface area contributed by atoms with E-state index in [1.54, 1.807) is 67.6 Å². The van der Waals surface area contributed by atoms with Gasteiger partial charge in [-0.2, -0.15) is 0 Å². The maximum atomic E-state index is 13.5. The van der Waals surface area contributed by atoms with Gasteiger partial charge in [-0.05, 0) is 42.8 Å². The Morgan fingerprint density at radius 3 is 2.72 bits per heavy atom. The summed E-state index contributed by atoms with van der Waals surface area (Å²) in [5.41, 5.74) is 1.53. The number of anilines is 2. The number of nitrogens with one attached hydrogen (secondary N) is 2. The smallest absolute Gasteiger partial charge is 0.411 e. The van der Waals surface area contributed by atoms with Gasteiger partial charge >= 0.3 is 6.09 Å². The molecule has 0 saturated carbocycles. The van der Waals surface area contributed by atoms with Gasteiger partial charge in [0.25, 0.3) is 5.91 Å². The lowest BCUT2D eigenvalue weighted by Gasteiger charge is -2.35. The van der Waals surface area contributed by atoms with Gasteiger partial charge in [0, 0.05) is 21.7 Å². The van der Waals surface area contributed by atoms with E-state index in [4.69, 9.17) is 16.7 Å². The number of hydrogen-bond donors (Lipinski definition) is 4. The Bertz CT molecular complexity index is 1420. The molecule has 1 aliphatic rings. The van der Waals surface area contributed by atoms with E-state index in [0.29, 0.717) is 44.0 Å². The number of amides is 2. The Balaban J connectivity index is 1.74. The van der Waals surface area contributed by atoms with Crippen LogP contribution in [0.4, 0.5) is 16.4 Å². The molecule has 1 aromatic heterocycles. The third-order valence-corrected chi connectivity index (χ3v) is 6.06. The highest BCUT2D eigenvalue weighted by Crippen LogP contribution is 2.46. The number of rotatable bonds is 3. The number of fused-ring (bicyclic) bond motifs is 2. The Morgan fingerprint density at radius 1 is 1.16 bits per heavy atom. The summed E-state index contributed by atoms with van der Waals surface area (Å²) in [6.45, 7) is 1.79. The fourth-order valence-corrected chi connectivity index (χ4v) is 4.32. The predicted molar refractivity (Wildman–Crippen MR) is 120 cm³/mol. The minimum atomic E-state index is -1.82. The van der Waals surface area contributed by atoms with Crippen molar-refractivity contribution in [3.63, 3.8) is 0 Å². The van der Waals surface area contributed by atoms with Gasteiger partial charge < -0.3 is 15.2 Å². The van der Waals surface area contributed by atoms with Crippen molar-refractivity contribution in [1.29, 1.82) is 0 Å². The molecule has 1 aliphatic heterocycles. The molecule has 9 heteroatoms. The Kier molecular flexibility index (Phi) is 4.44. The molecule has 4 aromatic rings. The molecule has 1 unspecified atom stereocenters. The molecule has 0 spiro atoms. The van der Waals surface area contributed by atoms with Crippen LogP contribution in [0.3, 0.4) is 0 Å². The number of aromatic amines is 1. The number of carbonyl (C=O) groups excluding carboxylic acids is 1. The number of aromatic nitrogens is 2. The van der Waals surface area contributed by atoms with E-state index in [2.05, 4.69) is 15.3 Å². The van der Waals surface area contributed by atoms with Crippen LogP contribution in [0.5, 0.6) is 0 Å². The second-order valence-electron chi connectivity index (χ2n) is 7.49. The van der Waals surface area contributed by atoms with E-state index in [1.807, 2.05) is 0 Å². The van der Waals surface area contributed by atoms with Crippen LogP contribution in [0, 0.1) is 6.92 Å². The van der Waals surface area contributed by atoms with Gasteiger partial charge in [0.1, 0.15) is 0 Å². The number of aliphatic hydroxyl groups is 1. The van der Waals surface area contributed by atoms with Crippen molar-refractivity contribution in [2.75, 3.05) is 10.2 Å². The van der Waals surface area contributed by atoms with E-state index in [0.717, 1.165) is 0 Å². The highest BCUT2D eigenvalue weighted by atomic mass is 35.5. The molecular formula is C23H17ClN4O4. The molecule has 0 radical (unpaired) electrons. The Labute approximate surface area is 187 Å². The molecule has 8 nitrogen and oxygen atoms in total. The molecule has 0 aliphatic carbocycles. The largest absolute Gasteiger partial charge is 0.465 e. The summed E-state index contributed by atoms with van der Waals surface area (Å²) in [6, 6.07) is 17.0. The first-order chi connectivity index (χ1) is 15.3. The second-order valence-corrected chi connectivity index (χ2v) is 7.90. The number of halogens is 1. The predicted octanol–water partition coefficient (Wildman–Crippen LogP) is 4.47. The molecule has 4 N–H and O–H groups in total.